The molecule has 0 aliphatic heterocycles. The van der Waals surface area contributed by atoms with E-state index < -0.39 is 0 Å². The van der Waals surface area contributed by atoms with Crippen LogP contribution >= 0.6 is 27.5 Å². The highest BCUT2D eigenvalue weighted by Gasteiger charge is 2.06. The van der Waals surface area contributed by atoms with E-state index in [1.54, 1.807) is 18.5 Å². The summed E-state index contributed by atoms with van der Waals surface area (Å²) in [5, 5.41) is 0. The van der Waals surface area contributed by atoms with Crippen molar-refractivity contribution in [2.24, 2.45) is 0 Å². The van der Waals surface area contributed by atoms with E-state index in [2.05, 4.69) is 20.9 Å². The molecule has 0 aliphatic carbocycles. The largest absolute Gasteiger partial charge is 0.329 e. The zero-order valence-corrected chi connectivity index (χ0v) is 10.7. The van der Waals surface area contributed by atoms with E-state index in [4.69, 9.17) is 11.6 Å². The van der Waals surface area contributed by atoms with E-state index in [9.17, 15) is 4.39 Å². The first kappa shape index (κ1) is 11.6. The number of benzene rings is 1. The van der Waals surface area contributed by atoms with Crippen molar-refractivity contribution in [1.82, 2.24) is 9.55 Å². The topological polar surface area (TPSA) is 17.8 Å². The zero-order valence-electron chi connectivity index (χ0n) is 8.33. The van der Waals surface area contributed by atoms with Crippen molar-refractivity contribution >= 4 is 27.5 Å². The van der Waals surface area contributed by atoms with Crippen LogP contribution in [0.3, 0.4) is 0 Å². The summed E-state index contributed by atoms with van der Waals surface area (Å²) in [6, 6.07) is 5.01. The molecule has 84 valence electrons. The fourth-order valence-electron chi connectivity index (χ4n) is 1.45. The molecular weight excluding hydrogens is 294 g/mol. The van der Waals surface area contributed by atoms with Crippen molar-refractivity contribution in [3.05, 3.63) is 52.3 Å². The number of alkyl halides is 1. The number of rotatable bonds is 3. The molecule has 0 aliphatic rings. The van der Waals surface area contributed by atoms with Crippen LogP contribution in [-0.4, -0.2) is 9.55 Å². The maximum Gasteiger partial charge on any atom is 0.129 e. The lowest BCUT2D eigenvalue weighted by Crippen LogP contribution is -2.04. The molecule has 1 aromatic carbocycles. The van der Waals surface area contributed by atoms with E-state index in [0.29, 0.717) is 18.0 Å². The smallest absolute Gasteiger partial charge is 0.129 e. The molecule has 0 saturated carbocycles. The molecule has 2 aromatic rings. The molecule has 0 saturated heterocycles. The van der Waals surface area contributed by atoms with Crippen LogP contribution in [0.2, 0.25) is 0 Å². The SMILES string of the molecule is Fc1cc(Br)ccc1Cn1ccnc1CCl. The van der Waals surface area contributed by atoms with E-state index in [1.807, 2.05) is 10.6 Å². The first-order valence-corrected chi connectivity index (χ1v) is 6.03. The van der Waals surface area contributed by atoms with Gasteiger partial charge >= 0.3 is 0 Å². The van der Waals surface area contributed by atoms with Gasteiger partial charge in [0, 0.05) is 22.4 Å². The number of aromatic nitrogens is 2. The van der Waals surface area contributed by atoms with Crippen molar-refractivity contribution in [3.63, 3.8) is 0 Å². The number of halogens is 3. The minimum atomic E-state index is -0.233. The average Bonchev–Trinajstić information content (AvgIpc) is 2.69. The minimum Gasteiger partial charge on any atom is -0.329 e. The van der Waals surface area contributed by atoms with Gasteiger partial charge in [0.15, 0.2) is 0 Å². The first-order valence-electron chi connectivity index (χ1n) is 4.70. The van der Waals surface area contributed by atoms with Gasteiger partial charge in [-0.25, -0.2) is 9.37 Å². The second-order valence-electron chi connectivity index (χ2n) is 3.34. The third-order valence-corrected chi connectivity index (χ3v) is 3.01. The van der Waals surface area contributed by atoms with E-state index in [0.717, 1.165) is 10.3 Å². The molecule has 2 nitrogen and oxygen atoms in total. The van der Waals surface area contributed by atoms with Crippen molar-refractivity contribution in [3.8, 4) is 0 Å². The Hall–Kier alpha value is -0.870. The Morgan fingerprint density at radius 2 is 2.25 bits per heavy atom. The maximum absolute atomic E-state index is 13.6. The monoisotopic (exact) mass is 302 g/mol. The van der Waals surface area contributed by atoms with E-state index in [1.165, 1.54) is 6.07 Å². The average molecular weight is 304 g/mol. The van der Waals surface area contributed by atoms with Crippen molar-refractivity contribution < 1.29 is 4.39 Å². The Morgan fingerprint density at radius 1 is 1.44 bits per heavy atom. The predicted octanol–water partition coefficient (Wildman–Crippen LogP) is 3.57. The molecule has 0 bridgehead atoms. The number of nitrogens with zero attached hydrogens (tertiary/aromatic N) is 2. The summed E-state index contributed by atoms with van der Waals surface area (Å²) in [7, 11) is 0. The molecule has 0 amide bonds. The van der Waals surface area contributed by atoms with Crippen molar-refractivity contribution in [2.45, 2.75) is 12.4 Å². The number of hydrogen-bond donors (Lipinski definition) is 0. The Morgan fingerprint density at radius 3 is 2.94 bits per heavy atom. The highest BCUT2D eigenvalue weighted by molar-refractivity contribution is 9.10. The first-order chi connectivity index (χ1) is 7.70. The van der Waals surface area contributed by atoms with Gasteiger partial charge in [-0.1, -0.05) is 22.0 Å². The molecular formula is C11H9BrClFN2. The number of hydrogen-bond acceptors (Lipinski definition) is 1. The standard InChI is InChI=1S/C11H9BrClFN2/c12-9-2-1-8(10(14)5-9)7-16-4-3-15-11(16)6-13/h1-5H,6-7H2. The van der Waals surface area contributed by atoms with Crippen LogP contribution in [0.15, 0.2) is 35.1 Å². The Kier molecular flexibility index (Phi) is 3.61. The molecule has 2 rings (SSSR count). The summed E-state index contributed by atoms with van der Waals surface area (Å²) in [4.78, 5) is 4.08. The van der Waals surface area contributed by atoms with Crippen LogP contribution in [-0.2, 0) is 12.4 Å². The van der Waals surface area contributed by atoms with Crippen molar-refractivity contribution in [2.75, 3.05) is 0 Å². The summed E-state index contributed by atoms with van der Waals surface area (Å²) in [6.07, 6.45) is 3.45. The van der Waals surface area contributed by atoms with Crippen LogP contribution in [0.4, 0.5) is 4.39 Å². The molecule has 0 N–H and O–H groups in total. The van der Waals surface area contributed by atoms with Gasteiger partial charge in [-0.3, -0.25) is 0 Å². The highest BCUT2D eigenvalue weighted by Crippen LogP contribution is 2.17. The molecule has 1 heterocycles. The van der Waals surface area contributed by atoms with E-state index >= 15 is 0 Å². The second kappa shape index (κ2) is 4.97. The molecule has 0 radical (unpaired) electrons. The van der Waals surface area contributed by atoms with Gasteiger partial charge in [0.05, 0.1) is 12.4 Å². The van der Waals surface area contributed by atoms with Crippen LogP contribution in [0.5, 0.6) is 0 Å². The maximum atomic E-state index is 13.6. The zero-order chi connectivity index (χ0) is 11.5. The van der Waals surface area contributed by atoms with Gasteiger partial charge in [0.25, 0.3) is 0 Å². The summed E-state index contributed by atoms with van der Waals surface area (Å²) in [6.45, 7) is 0.446. The van der Waals surface area contributed by atoms with Gasteiger partial charge in [0.1, 0.15) is 11.6 Å². The minimum absolute atomic E-state index is 0.233. The van der Waals surface area contributed by atoms with Gasteiger partial charge in [0.2, 0.25) is 0 Å². The van der Waals surface area contributed by atoms with Gasteiger partial charge < -0.3 is 4.57 Å². The Labute approximate surface area is 106 Å². The lowest BCUT2D eigenvalue weighted by molar-refractivity contribution is 0.595. The second-order valence-corrected chi connectivity index (χ2v) is 4.52. The molecule has 0 fully saturated rings. The summed E-state index contributed by atoms with van der Waals surface area (Å²) < 4.78 is 16.1. The molecule has 0 atom stereocenters. The lowest BCUT2D eigenvalue weighted by Gasteiger charge is -2.07. The Bertz CT molecular complexity index is 498. The molecule has 16 heavy (non-hydrogen) atoms. The quantitative estimate of drug-likeness (QED) is 0.793. The molecule has 0 unspecified atom stereocenters. The molecule has 5 heteroatoms. The van der Waals surface area contributed by atoms with Gasteiger partial charge in [-0.2, -0.15) is 0 Å². The third-order valence-electron chi connectivity index (χ3n) is 2.28. The highest BCUT2D eigenvalue weighted by atomic mass is 79.9. The van der Waals surface area contributed by atoms with Crippen LogP contribution in [0.25, 0.3) is 0 Å². The van der Waals surface area contributed by atoms with Crippen LogP contribution in [0.1, 0.15) is 11.4 Å². The third kappa shape index (κ3) is 2.44. The van der Waals surface area contributed by atoms with Crippen molar-refractivity contribution in [1.29, 1.82) is 0 Å². The van der Waals surface area contributed by atoms with Gasteiger partial charge in [-0.05, 0) is 12.1 Å². The summed E-state index contributed by atoms with van der Waals surface area (Å²) >= 11 is 8.94. The fraction of sp³-hybridized carbons (Fsp3) is 0.182. The normalized spacial score (nSPS) is 10.7. The van der Waals surface area contributed by atoms with Crippen LogP contribution in [0, 0.1) is 5.82 Å². The fourth-order valence-corrected chi connectivity index (χ4v) is 2.00. The summed E-state index contributed by atoms with van der Waals surface area (Å²) in [5.41, 5.74) is 0.618. The summed E-state index contributed by atoms with van der Waals surface area (Å²) in [5.74, 6) is 0.832. The lowest BCUT2D eigenvalue weighted by atomic mass is 10.2. The predicted molar refractivity (Wildman–Crippen MR) is 65.0 cm³/mol. The van der Waals surface area contributed by atoms with Crippen LogP contribution < -0.4 is 0 Å². The number of imidazole rings is 1. The van der Waals surface area contributed by atoms with E-state index in [-0.39, 0.29) is 5.82 Å². The Balaban J connectivity index is 2.27. The molecule has 1 aromatic heterocycles. The van der Waals surface area contributed by atoms with Gasteiger partial charge in [-0.15, -0.1) is 11.6 Å². The molecule has 0 spiro atoms.